The lowest BCUT2D eigenvalue weighted by atomic mass is 10.1. The summed E-state index contributed by atoms with van der Waals surface area (Å²) in [6.07, 6.45) is 0.715. The molecule has 1 aromatic rings. The molecule has 1 atom stereocenters. The molecule has 6 nitrogen and oxygen atoms in total. The standard InChI is InChI=1S/C12H25N5OS/c1-6-12(5,18)9-19-10-14-15-16-17(10)8-7-13-11(2,3)4/h13,18H,6-9H2,1-5H3. The van der Waals surface area contributed by atoms with Crippen LogP contribution in [0.4, 0.5) is 0 Å². The zero-order valence-corrected chi connectivity index (χ0v) is 13.3. The molecular formula is C12H25N5OS. The second-order valence-corrected chi connectivity index (χ2v) is 6.94. The van der Waals surface area contributed by atoms with Gasteiger partial charge in [-0.05, 0) is 44.5 Å². The number of nitrogens with one attached hydrogen (secondary N) is 1. The lowest BCUT2D eigenvalue weighted by molar-refractivity contribution is 0.0815. The van der Waals surface area contributed by atoms with Gasteiger partial charge in [0.2, 0.25) is 5.16 Å². The molecule has 110 valence electrons. The molecule has 0 saturated heterocycles. The summed E-state index contributed by atoms with van der Waals surface area (Å²) in [6, 6.07) is 0. The van der Waals surface area contributed by atoms with Gasteiger partial charge in [0.25, 0.3) is 0 Å². The van der Waals surface area contributed by atoms with Gasteiger partial charge in [-0.3, -0.25) is 0 Å². The normalized spacial score (nSPS) is 15.5. The monoisotopic (exact) mass is 287 g/mol. The molecule has 0 radical (unpaired) electrons. The van der Waals surface area contributed by atoms with Crippen LogP contribution in [-0.2, 0) is 6.54 Å². The summed E-state index contributed by atoms with van der Waals surface area (Å²) in [4.78, 5) is 0. The van der Waals surface area contributed by atoms with E-state index in [1.165, 1.54) is 11.8 Å². The minimum atomic E-state index is -0.675. The number of thioether (sulfide) groups is 1. The van der Waals surface area contributed by atoms with Gasteiger partial charge in [0.15, 0.2) is 0 Å². The number of hydrogen-bond acceptors (Lipinski definition) is 6. The van der Waals surface area contributed by atoms with Crippen molar-refractivity contribution in [3.05, 3.63) is 0 Å². The third-order valence-corrected chi connectivity index (χ3v) is 4.07. The van der Waals surface area contributed by atoms with E-state index in [0.717, 1.165) is 18.2 Å². The fourth-order valence-electron chi connectivity index (χ4n) is 1.30. The summed E-state index contributed by atoms with van der Waals surface area (Å²) in [5, 5.41) is 25.8. The Bertz CT molecular complexity index is 386. The maximum absolute atomic E-state index is 9.98. The van der Waals surface area contributed by atoms with Gasteiger partial charge in [-0.15, -0.1) is 5.10 Å². The smallest absolute Gasteiger partial charge is 0.209 e. The third-order valence-electron chi connectivity index (χ3n) is 2.75. The molecule has 1 rings (SSSR count). The first-order valence-electron chi connectivity index (χ1n) is 6.60. The van der Waals surface area contributed by atoms with Crippen LogP contribution in [0.25, 0.3) is 0 Å². The fraction of sp³-hybridized carbons (Fsp3) is 0.917. The van der Waals surface area contributed by atoms with E-state index in [2.05, 4.69) is 41.6 Å². The molecule has 1 heterocycles. The molecule has 7 heteroatoms. The zero-order valence-electron chi connectivity index (χ0n) is 12.5. The summed E-state index contributed by atoms with van der Waals surface area (Å²) >= 11 is 1.49. The van der Waals surface area contributed by atoms with Crippen LogP contribution in [0, 0.1) is 0 Å². The number of aliphatic hydroxyl groups is 1. The average Bonchev–Trinajstić information content (AvgIpc) is 2.73. The molecule has 0 saturated carbocycles. The minimum Gasteiger partial charge on any atom is -0.389 e. The summed E-state index contributed by atoms with van der Waals surface area (Å²) in [5.41, 5.74) is -0.585. The number of aromatic nitrogens is 4. The van der Waals surface area contributed by atoms with Crippen LogP contribution in [0.15, 0.2) is 5.16 Å². The topological polar surface area (TPSA) is 75.9 Å². The second-order valence-electron chi connectivity index (χ2n) is 6.00. The molecule has 0 aliphatic rings. The molecule has 1 aromatic heterocycles. The Kier molecular flexibility index (Phi) is 5.76. The van der Waals surface area contributed by atoms with Crippen molar-refractivity contribution >= 4 is 11.8 Å². The third kappa shape index (κ3) is 6.35. The Morgan fingerprint density at radius 2 is 2.00 bits per heavy atom. The van der Waals surface area contributed by atoms with Crippen molar-refractivity contribution in [2.75, 3.05) is 12.3 Å². The van der Waals surface area contributed by atoms with E-state index in [1.807, 2.05) is 13.8 Å². The van der Waals surface area contributed by atoms with Gasteiger partial charge in [0, 0.05) is 17.8 Å². The number of nitrogens with zero attached hydrogens (tertiary/aromatic N) is 4. The Morgan fingerprint density at radius 1 is 1.32 bits per heavy atom. The predicted molar refractivity (Wildman–Crippen MR) is 77.2 cm³/mol. The van der Waals surface area contributed by atoms with Crippen LogP contribution in [0.1, 0.15) is 41.0 Å². The highest BCUT2D eigenvalue weighted by Crippen LogP contribution is 2.21. The Labute approximate surface area is 119 Å². The predicted octanol–water partition coefficient (Wildman–Crippen LogP) is 1.31. The summed E-state index contributed by atoms with van der Waals surface area (Å²) in [5.74, 6) is 0.594. The highest BCUT2D eigenvalue weighted by atomic mass is 32.2. The molecule has 2 N–H and O–H groups in total. The number of rotatable bonds is 7. The maximum Gasteiger partial charge on any atom is 0.209 e. The van der Waals surface area contributed by atoms with Crippen molar-refractivity contribution < 1.29 is 5.11 Å². The van der Waals surface area contributed by atoms with Crippen molar-refractivity contribution in [1.82, 2.24) is 25.5 Å². The quantitative estimate of drug-likeness (QED) is 0.737. The van der Waals surface area contributed by atoms with Crippen LogP contribution in [0.3, 0.4) is 0 Å². The Hall–Kier alpha value is -0.660. The first kappa shape index (κ1) is 16.4. The minimum absolute atomic E-state index is 0.0905. The van der Waals surface area contributed by atoms with Crippen molar-refractivity contribution in [3.63, 3.8) is 0 Å². The van der Waals surface area contributed by atoms with Gasteiger partial charge in [0.1, 0.15) is 0 Å². The van der Waals surface area contributed by atoms with Gasteiger partial charge in [0.05, 0.1) is 12.1 Å². The van der Waals surface area contributed by atoms with Gasteiger partial charge in [-0.25, -0.2) is 4.68 Å². The van der Waals surface area contributed by atoms with E-state index in [1.54, 1.807) is 4.68 Å². The lowest BCUT2D eigenvalue weighted by Crippen LogP contribution is -2.38. The first-order valence-corrected chi connectivity index (χ1v) is 7.58. The van der Waals surface area contributed by atoms with Crippen LogP contribution in [-0.4, -0.2) is 48.8 Å². The summed E-state index contributed by atoms with van der Waals surface area (Å²) in [7, 11) is 0. The largest absolute Gasteiger partial charge is 0.389 e. The molecule has 0 fully saturated rings. The molecule has 0 aromatic carbocycles. The van der Waals surface area contributed by atoms with Crippen LogP contribution in [0.2, 0.25) is 0 Å². The summed E-state index contributed by atoms with van der Waals surface area (Å²) < 4.78 is 1.77. The molecule has 0 amide bonds. The van der Waals surface area contributed by atoms with Crippen LogP contribution < -0.4 is 5.32 Å². The van der Waals surface area contributed by atoms with Gasteiger partial charge < -0.3 is 10.4 Å². The summed E-state index contributed by atoms with van der Waals surface area (Å²) in [6.45, 7) is 11.7. The number of tetrazole rings is 1. The SMILES string of the molecule is CCC(C)(O)CSc1nnnn1CCNC(C)(C)C. The van der Waals surface area contributed by atoms with Crippen molar-refractivity contribution in [2.24, 2.45) is 0 Å². The first-order chi connectivity index (χ1) is 8.73. The Balaban J connectivity index is 2.47. The van der Waals surface area contributed by atoms with Gasteiger partial charge >= 0.3 is 0 Å². The molecule has 0 aliphatic heterocycles. The van der Waals surface area contributed by atoms with Crippen molar-refractivity contribution in [2.45, 2.75) is 63.9 Å². The van der Waals surface area contributed by atoms with Gasteiger partial charge in [-0.1, -0.05) is 18.7 Å². The Morgan fingerprint density at radius 3 is 2.58 bits per heavy atom. The van der Waals surface area contributed by atoms with Crippen molar-refractivity contribution in [1.29, 1.82) is 0 Å². The highest BCUT2D eigenvalue weighted by Gasteiger charge is 2.20. The van der Waals surface area contributed by atoms with Gasteiger partial charge in [-0.2, -0.15) is 0 Å². The van der Waals surface area contributed by atoms with E-state index in [-0.39, 0.29) is 5.54 Å². The van der Waals surface area contributed by atoms with E-state index in [4.69, 9.17) is 0 Å². The van der Waals surface area contributed by atoms with E-state index in [9.17, 15) is 5.11 Å². The molecule has 19 heavy (non-hydrogen) atoms. The molecule has 0 bridgehead atoms. The number of hydrogen-bond donors (Lipinski definition) is 2. The highest BCUT2D eigenvalue weighted by molar-refractivity contribution is 7.99. The second kappa shape index (κ2) is 6.67. The molecule has 1 unspecified atom stereocenters. The van der Waals surface area contributed by atoms with Crippen LogP contribution >= 0.6 is 11.8 Å². The average molecular weight is 287 g/mol. The zero-order chi connectivity index (χ0) is 14.5. The maximum atomic E-state index is 9.98. The van der Waals surface area contributed by atoms with E-state index >= 15 is 0 Å². The van der Waals surface area contributed by atoms with E-state index in [0.29, 0.717) is 12.2 Å². The van der Waals surface area contributed by atoms with E-state index < -0.39 is 5.60 Å². The molecular weight excluding hydrogens is 262 g/mol. The van der Waals surface area contributed by atoms with Crippen LogP contribution in [0.5, 0.6) is 0 Å². The van der Waals surface area contributed by atoms with Crippen molar-refractivity contribution in [3.8, 4) is 0 Å². The molecule has 0 aliphatic carbocycles. The molecule has 0 spiro atoms. The fourth-order valence-corrected chi connectivity index (χ4v) is 2.31. The lowest BCUT2D eigenvalue weighted by Gasteiger charge is -2.21.